The fourth-order valence-electron chi connectivity index (χ4n) is 4.08. The summed E-state index contributed by atoms with van der Waals surface area (Å²) in [5.74, 6) is -0.334. The maximum atomic E-state index is 13.9. The van der Waals surface area contributed by atoms with Crippen molar-refractivity contribution in [3.63, 3.8) is 0 Å². The molecule has 3 aromatic rings. The molecule has 1 aliphatic heterocycles. The summed E-state index contributed by atoms with van der Waals surface area (Å²) >= 11 is 1.63. The molecule has 2 atom stereocenters. The molecule has 2 unspecified atom stereocenters. The Morgan fingerprint density at radius 1 is 1.21 bits per heavy atom. The molecule has 0 amide bonds. The summed E-state index contributed by atoms with van der Waals surface area (Å²) in [7, 11) is 0. The van der Waals surface area contributed by atoms with Crippen LogP contribution in [0.5, 0.6) is 0 Å². The Hall–Kier alpha value is -2.87. The normalized spacial score (nSPS) is 21.3. The average Bonchev–Trinajstić information content (AvgIpc) is 3.27. The number of nitrogens with zero attached hydrogens (tertiary/aromatic N) is 3. The highest BCUT2D eigenvalue weighted by atomic mass is 32.1. The van der Waals surface area contributed by atoms with E-state index in [-0.39, 0.29) is 11.7 Å². The molecule has 28 heavy (non-hydrogen) atoms. The van der Waals surface area contributed by atoms with Crippen molar-refractivity contribution in [1.29, 1.82) is 0 Å². The number of aryl methyl sites for hydroxylation is 1. The number of carbonyl (C=O) groups is 1. The van der Waals surface area contributed by atoms with E-state index in [2.05, 4.69) is 15.4 Å². The number of hydrogen-bond donors (Lipinski definition) is 1. The van der Waals surface area contributed by atoms with E-state index < -0.39 is 17.7 Å². The number of allylic oxidation sites excluding steroid dienone is 2. The molecule has 1 N–H and O–H groups in total. The maximum Gasteiger partial charge on any atom is 0.226 e. The lowest BCUT2D eigenvalue weighted by molar-refractivity contribution is -0.116. The largest absolute Gasteiger partial charge is 0.328 e. The molecular formula is C20H16F2N4OS. The number of ketones is 1. The summed E-state index contributed by atoms with van der Waals surface area (Å²) in [5.41, 5.74) is 1.61. The zero-order chi connectivity index (χ0) is 19.4. The number of rotatable bonds is 2. The van der Waals surface area contributed by atoms with Gasteiger partial charge < -0.3 is 5.32 Å². The Morgan fingerprint density at radius 2 is 2.00 bits per heavy atom. The Bertz CT molecular complexity index is 1100. The molecule has 0 radical (unpaired) electrons. The predicted molar refractivity (Wildman–Crippen MR) is 101 cm³/mol. The molecule has 0 saturated carbocycles. The van der Waals surface area contributed by atoms with Gasteiger partial charge in [-0.05, 0) is 42.5 Å². The minimum Gasteiger partial charge on any atom is -0.328 e. The van der Waals surface area contributed by atoms with Crippen molar-refractivity contribution in [2.45, 2.75) is 31.7 Å². The third kappa shape index (κ3) is 2.75. The smallest absolute Gasteiger partial charge is 0.226 e. The summed E-state index contributed by atoms with van der Waals surface area (Å²) < 4.78 is 29.4. The van der Waals surface area contributed by atoms with Crippen molar-refractivity contribution >= 4 is 23.1 Å². The Balaban J connectivity index is 1.66. The van der Waals surface area contributed by atoms with Gasteiger partial charge in [0.25, 0.3) is 0 Å². The van der Waals surface area contributed by atoms with Crippen molar-refractivity contribution in [2.75, 3.05) is 5.32 Å². The highest BCUT2D eigenvalue weighted by Crippen LogP contribution is 2.44. The molecular weight excluding hydrogens is 382 g/mol. The van der Waals surface area contributed by atoms with E-state index in [0.29, 0.717) is 35.8 Å². The number of hydrogen-bond acceptors (Lipinski definition) is 5. The Labute approximate surface area is 163 Å². The molecule has 3 heterocycles. The van der Waals surface area contributed by atoms with Crippen molar-refractivity contribution in [2.24, 2.45) is 0 Å². The van der Waals surface area contributed by atoms with Crippen molar-refractivity contribution in [3.8, 4) is 0 Å². The number of aromatic nitrogens is 3. The molecule has 0 fully saturated rings. The summed E-state index contributed by atoms with van der Waals surface area (Å²) in [6.45, 7) is 1.74. The van der Waals surface area contributed by atoms with Gasteiger partial charge in [0.1, 0.15) is 23.5 Å². The lowest BCUT2D eigenvalue weighted by Crippen LogP contribution is -2.33. The lowest BCUT2D eigenvalue weighted by Gasteiger charge is -2.34. The number of Topliss-reactive ketones (excluding diaryl/α,β-unsaturated/α-hetero) is 1. The minimum absolute atomic E-state index is 0.0411. The van der Waals surface area contributed by atoms with E-state index in [4.69, 9.17) is 0 Å². The second-order valence-corrected chi connectivity index (χ2v) is 8.07. The fourth-order valence-corrected chi connectivity index (χ4v) is 4.92. The standard InChI is InChI=1S/C20H16F2N4OS/c1-10-23-20-24-15-7-11(17-3-2-4-28-17)8-16(27)18(15)19(26(20)25-10)12-5-13(21)9-14(22)6-12/h2-6,9,11,19H,7-8H2,1H3,(H,23,24,25). The number of fused-ring (bicyclic) bond motifs is 1. The molecule has 8 heteroatoms. The quantitative estimate of drug-likeness (QED) is 0.698. The molecule has 142 valence electrons. The second-order valence-electron chi connectivity index (χ2n) is 7.09. The van der Waals surface area contributed by atoms with Gasteiger partial charge in [0.15, 0.2) is 5.78 Å². The predicted octanol–water partition coefficient (Wildman–Crippen LogP) is 4.34. The van der Waals surface area contributed by atoms with E-state index in [1.54, 1.807) is 22.9 Å². The van der Waals surface area contributed by atoms with Gasteiger partial charge in [0, 0.05) is 34.6 Å². The van der Waals surface area contributed by atoms with Crippen LogP contribution < -0.4 is 5.32 Å². The van der Waals surface area contributed by atoms with E-state index in [9.17, 15) is 13.6 Å². The van der Waals surface area contributed by atoms with Crippen LogP contribution in [0.4, 0.5) is 14.7 Å². The second kappa shape index (κ2) is 6.34. The molecule has 2 aliphatic rings. The minimum atomic E-state index is -0.700. The summed E-state index contributed by atoms with van der Waals surface area (Å²) in [6.07, 6.45) is 1.00. The van der Waals surface area contributed by atoms with Crippen LogP contribution in [-0.4, -0.2) is 20.5 Å². The number of nitrogens with one attached hydrogen (secondary N) is 1. The van der Waals surface area contributed by atoms with E-state index in [0.717, 1.165) is 16.6 Å². The zero-order valence-electron chi connectivity index (χ0n) is 14.9. The molecule has 5 rings (SSSR count). The van der Waals surface area contributed by atoms with E-state index >= 15 is 0 Å². The molecule has 1 aliphatic carbocycles. The van der Waals surface area contributed by atoms with Crippen LogP contribution in [0.15, 0.2) is 47.0 Å². The van der Waals surface area contributed by atoms with Crippen LogP contribution in [0.2, 0.25) is 0 Å². The lowest BCUT2D eigenvalue weighted by atomic mass is 9.80. The number of anilines is 1. The number of halogens is 2. The van der Waals surface area contributed by atoms with Gasteiger partial charge in [-0.15, -0.1) is 11.3 Å². The van der Waals surface area contributed by atoms with Crippen molar-refractivity contribution in [1.82, 2.24) is 14.8 Å². The third-order valence-corrected chi connectivity index (χ3v) is 6.21. The average molecular weight is 398 g/mol. The first kappa shape index (κ1) is 17.2. The first-order chi connectivity index (χ1) is 13.5. The van der Waals surface area contributed by atoms with Crippen LogP contribution in [0.25, 0.3) is 0 Å². The first-order valence-electron chi connectivity index (χ1n) is 8.95. The summed E-state index contributed by atoms with van der Waals surface area (Å²) in [6, 6.07) is 6.63. The maximum absolute atomic E-state index is 13.9. The highest BCUT2D eigenvalue weighted by molar-refractivity contribution is 7.10. The zero-order valence-corrected chi connectivity index (χ0v) is 15.8. The first-order valence-corrected chi connectivity index (χ1v) is 9.83. The van der Waals surface area contributed by atoms with Crippen LogP contribution in [0, 0.1) is 18.6 Å². The molecule has 0 bridgehead atoms. The number of carbonyl (C=O) groups excluding carboxylic acids is 1. The Morgan fingerprint density at radius 3 is 2.71 bits per heavy atom. The van der Waals surface area contributed by atoms with Gasteiger partial charge in [0.2, 0.25) is 5.95 Å². The third-order valence-electron chi connectivity index (χ3n) is 5.17. The SMILES string of the molecule is Cc1nc2n(n1)C(c1cc(F)cc(F)c1)C1=C(CC(c3cccs3)CC1=O)N2. The monoisotopic (exact) mass is 398 g/mol. The van der Waals surface area contributed by atoms with Crippen LogP contribution in [0.1, 0.15) is 41.1 Å². The molecule has 0 saturated heterocycles. The van der Waals surface area contributed by atoms with Gasteiger partial charge in [0.05, 0.1) is 0 Å². The van der Waals surface area contributed by atoms with E-state index in [1.807, 2.05) is 17.5 Å². The molecule has 1 aromatic carbocycles. The number of thiophene rings is 1. The number of benzene rings is 1. The highest BCUT2D eigenvalue weighted by Gasteiger charge is 2.40. The van der Waals surface area contributed by atoms with Gasteiger partial charge in [-0.2, -0.15) is 10.1 Å². The van der Waals surface area contributed by atoms with E-state index in [1.165, 1.54) is 12.1 Å². The van der Waals surface area contributed by atoms with Crippen molar-refractivity contribution < 1.29 is 13.6 Å². The summed E-state index contributed by atoms with van der Waals surface area (Å²) in [5, 5.41) is 9.61. The van der Waals surface area contributed by atoms with Gasteiger partial charge in [-0.3, -0.25) is 4.79 Å². The fraction of sp³-hybridized carbons (Fsp3) is 0.250. The van der Waals surface area contributed by atoms with Crippen LogP contribution in [-0.2, 0) is 4.79 Å². The van der Waals surface area contributed by atoms with Crippen LogP contribution in [0.3, 0.4) is 0 Å². The molecule has 0 spiro atoms. The van der Waals surface area contributed by atoms with Crippen LogP contribution >= 0.6 is 11.3 Å². The molecule has 2 aromatic heterocycles. The Kier molecular flexibility index (Phi) is 3.90. The molecule has 5 nitrogen and oxygen atoms in total. The summed E-state index contributed by atoms with van der Waals surface area (Å²) in [4.78, 5) is 18.7. The van der Waals surface area contributed by atoms with Gasteiger partial charge in [-0.1, -0.05) is 6.07 Å². The van der Waals surface area contributed by atoms with Gasteiger partial charge in [-0.25, -0.2) is 13.5 Å². The topological polar surface area (TPSA) is 59.8 Å². The van der Waals surface area contributed by atoms with Crippen molar-refractivity contribution in [3.05, 3.63) is 74.9 Å². The van der Waals surface area contributed by atoms with Gasteiger partial charge >= 0.3 is 0 Å².